The molecule has 1 aliphatic heterocycles. The van der Waals surface area contributed by atoms with E-state index in [0.717, 1.165) is 26.2 Å². The molecule has 1 heterocycles. The largest absolute Gasteiger partial charge is 0.374 e. The van der Waals surface area contributed by atoms with Crippen LogP contribution in [-0.4, -0.2) is 37.2 Å². The van der Waals surface area contributed by atoms with Crippen LogP contribution in [0.1, 0.15) is 31.9 Å². The third-order valence-corrected chi connectivity index (χ3v) is 3.71. The first-order valence-electron chi connectivity index (χ1n) is 7.12. The van der Waals surface area contributed by atoms with Gasteiger partial charge in [0.15, 0.2) is 0 Å². The van der Waals surface area contributed by atoms with Gasteiger partial charge in [0.05, 0.1) is 12.7 Å². The van der Waals surface area contributed by atoms with Crippen molar-refractivity contribution in [2.24, 2.45) is 5.73 Å². The summed E-state index contributed by atoms with van der Waals surface area (Å²) in [4.78, 5) is 2.42. The maximum atomic E-state index is 5.67. The summed E-state index contributed by atoms with van der Waals surface area (Å²) in [5.74, 6) is 0. The molecule has 0 spiro atoms. The molecule has 1 aliphatic rings. The van der Waals surface area contributed by atoms with E-state index in [4.69, 9.17) is 10.5 Å². The molecule has 106 valence electrons. The molecular formula is C16H26N2O. The van der Waals surface area contributed by atoms with Crippen LogP contribution in [0.5, 0.6) is 0 Å². The predicted molar refractivity (Wildman–Crippen MR) is 79.2 cm³/mol. The number of benzene rings is 1. The van der Waals surface area contributed by atoms with Crippen LogP contribution in [0.2, 0.25) is 0 Å². The van der Waals surface area contributed by atoms with Crippen LogP contribution in [0.25, 0.3) is 0 Å². The number of nitrogens with two attached hydrogens (primary N) is 1. The van der Waals surface area contributed by atoms with Gasteiger partial charge in [-0.25, -0.2) is 0 Å². The number of nitrogens with zero attached hydrogens (tertiary/aromatic N) is 1. The average molecular weight is 262 g/mol. The SMILES string of the molecule is CC(C)(C)c1ccc(CN2CCOC(CN)C2)cc1. The minimum absolute atomic E-state index is 0.197. The zero-order valence-corrected chi connectivity index (χ0v) is 12.4. The molecule has 1 unspecified atom stereocenters. The highest BCUT2D eigenvalue weighted by molar-refractivity contribution is 5.27. The maximum Gasteiger partial charge on any atom is 0.0824 e. The fourth-order valence-electron chi connectivity index (χ4n) is 2.43. The normalized spacial score (nSPS) is 21.6. The number of morpholine rings is 1. The van der Waals surface area contributed by atoms with E-state index in [1.165, 1.54) is 11.1 Å². The summed E-state index contributed by atoms with van der Waals surface area (Å²) in [5.41, 5.74) is 8.65. The zero-order valence-electron chi connectivity index (χ0n) is 12.4. The molecule has 0 radical (unpaired) electrons. The molecule has 3 nitrogen and oxygen atoms in total. The summed E-state index contributed by atoms with van der Waals surface area (Å²) in [6, 6.07) is 8.98. The van der Waals surface area contributed by atoms with Gasteiger partial charge in [0.25, 0.3) is 0 Å². The van der Waals surface area contributed by atoms with Crippen molar-refractivity contribution in [2.75, 3.05) is 26.2 Å². The van der Waals surface area contributed by atoms with Crippen molar-refractivity contribution in [2.45, 2.75) is 38.8 Å². The van der Waals surface area contributed by atoms with Crippen LogP contribution in [0.3, 0.4) is 0 Å². The van der Waals surface area contributed by atoms with Crippen LogP contribution in [-0.2, 0) is 16.7 Å². The van der Waals surface area contributed by atoms with Crippen LogP contribution in [0.15, 0.2) is 24.3 Å². The molecule has 1 atom stereocenters. The van der Waals surface area contributed by atoms with Crippen molar-refractivity contribution in [1.29, 1.82) is 0 Å². The van der Waals surface area contributed by atoms with Crippen molar-refractivity contribution in [3.05, 3.63) is 35.4 Å². The Balaban J connectivity index is 1.96. The number of hydrogen-bond donors (Lipinski definition) is 1. The van der Waals surface area contributed by atoms with Crippen LogP contribution >= 0.6 is 0 Å². The quantitative estimate of drug-likeness (QED) is 0.907. The highest BCUT2D eigenvalue weighted by Crippen LogP contribution is 2.22. The molecule has 0 aliphatic carbocycles. The van der Waals surface area contributed by atoms with E-state index in [2.05, 4.69) is 49.9 Å². The lowest BCUT2D eigenvalue weighted by atomic mass is 9.87. The second kappa shape index (κ2) is 6.04. The molecule has 2 N–H and O–H groups in total. The second-order valence-corrected chi connectivity index (χ2v) is 6.41. The minimum atomic E-state index is 0.197. The Hall–Kier alpha value is -0.900. The van der Waals surface area contributed by atoms with Crippen molar-refractivity contribution >= 4 is 0 Å². The molecule has 0 bridgehead atoms. The summed E-state index contributed by atoms with van der Waals surface area (Å²) in [7, 11) is 0. The second-order valence-electron chi connectivity index (χ2n) is 6.41. The van der Waals surface area contributed by atoms with Gasteiger partial charge in [-0.3, -0.25) is 4.90 Å². The first kappa shape index (κ1) is 14.5. The van der Waals surface area contributed by atoms with E-state index in [1.54, 1.807) is 0 Å². The lowest BCUT2D eigenvalue weighted by molar-refractivity contribution is -0.0260. The predicted octanol–water partition coefficient (Wildman–Crippen LogP) is 2.14. The Morgan fingerprint density at radius 3 is 2.53 bits per heavy atom. The van der Waals surface area contributed by atoms with E-state index in [9.17, 15) is 0 Å². The van der Waals surface area contributed by atoms with Crippen molar-refractivity contribution in [1.82, 2.24) is 4.90 Å². The molecule has 0 saturated carbocycles. The van der Waals surface area contributed by atoms with E-state index < -0.39 is 0 Å². The fourth-order valence-corrected chi connectivity index (χ4v) is 2.43. The topological polar surface area (TPSA) is 38.5 Å². The van der Waals surface area contributed by atoms with Crippen LogP contribution in [0, 0.1) is 0 Å². The van der Waals surface area contributed by atoms with Gasteiger partial charge in [-0.1, -0.05) is 45.0 Å². The first-order valence-corrected chi connectivity index (χ1v) is 7.12. The van der Waals surface area contributed by atoms with Gasteiger partial charge in [-0.2, -0.15) is 0 Å². The summed E-state index contributed by atoms with van der Waals surface area (Å²) in [5, 5.41) is 0. The van der Waals surface area contributed by atoms with Crippen molar-refractivity contribution < 1.29 is 4.74 Å². The number of rotatable bonds is 3. The number of ether oxygens (including phenoxy) is 1. The third-order valence-electron chi connectivity index (χ3n) is 3.71. The summed E-state index contributed by atoms with van der Waals surface area (Å²) in [6.07, 6.45) is 0.197. The minimum Gasteiger partial charge on any atom is -0.374 e. The van der Waals surface area contributed by atoms with Crippen molar-refractivity contribution in [3.8, 4) is 0 Å². The van der Waals surface area contributed by atoms with Gasteiger partial charge >= 0.3 is 0 Å². The third kappa shape index (κ3) is 4.03. The molecule has 2 rings (SSSR count). The first-order chi connectivity index (χ1) is 8.99. The monoisotopic (exact) mass is 262 g/mol. The highest BCUT2D eigenvalue weighted by atomic mass is 16.5. The molecule has 1 aromatic rings. The summed E-state index contributed by atoms with van der Waals surface area (Å²) >= 11 is 0. The van der Waals surface area contributed by atoms with Gasteiger partial charge < -0.3 is 10.5 Å². The van der Waals surface area contributed by atoms with E-state index in [1.807, 2.05) is 0 Å². The lowest BCUT2D eigenvalue weighted by Crippen LogP contribution is -2.45. The van der Waals surface area contributed by atoms with Crippen molar-refractivity contribution in [3.63, 3.8) is 0 Å². The molecule has 1 fully saturated rings. The molecule has 3 heteroatoms. The molecule has 1 saturated heterocycles. The number of hydrogen-bond acceptors (Lipinski definition) is 3. The van der Waals surface area contributed by atoms with Crippen LogP contribution < -0.4 is 5.73 Å². The Labute approximate surface area is 116 Å². The van der Waals surface area contributed by atoms with E-state index in [0.29, 0.717) is 6.54 Å². The fraction of sp³-hybridized carbons (Fsp3) is 0.625. The van der Waals surface area contributed by atoms with Gasteiger partial charge in [-0.15, -0.1) is 0 Å². The van der Waals surface area contributed by atoms with Crippen LogP contribution in [0.4, 0.5) is 0 Å². The Morgan fingerprint density at radius 2 is 1.95 bits per heavy atom. The zero-order chi connectivity index (χ0) is 13.9. The van der Waals surface area contributed by atoms with Gasteiger partial charge in [-0.05, 0) is 16.5 Å². The molecular weight excluding hydrogens is 236 g/mol. The summed E-state index contributed by atoms with van der Waals surface area (Å²) in [6.45, 7) is 11.1. The van der Waals surface area contributed by atoms with Gasteiger partial charge in [0, 0.05) is 26.2 Å². The molecule has 0 aromatic heterocycles. The van der Waals surface area contributed by atoms with Gasteiger partial charge in [0.1, 0.15) is 0 Å². The van der Waals surface area contributed by atoms with Gasteiger partial charge in [0.2, 0.25) is 0 Å². The van der Waals surface area contributed by atoms with E-state index in [-0.39, 0.29) is 11.5 Å². The molecule has 19 heavy (non-hydrogen) atoms. The Morgan fingerprint density at radius 1 is 1.26 bits per heavy atom. The van der Waals surface area contributed by atoms with E-state index >= 15 is 0 Å². The maximum absolute atomic E-state index is 5.67. The Bertz CT molecular complexity index is 394. The molecule has 0 amide bonds. The molecule has 1 aromatic carbocycles. The average Bonchev–Trinajstić information content (AvgIpc) is 2.38. The standard InChI is InChI=1S/C16H26N2O/c1-16(2,3)14-6-4-13(5-7-14)11-18-8-9-19-15(10-17)12-18/h4-7,15H,8-12,17H2,1-3H3. The Kier molecular flexibility index (Phi) is 4.61. The highest BCUT2D eigenvalue weighted by Gasteiger charge is 2.19. The lowest BCUT2D eigenvalue weighted by Gasteiger charge is -2.32. The smallest absolute Gasteiger partial charge is 0.0824 e. The summed E-state index contributed by atoms with van der Waals surface area (Å²) < 4.78 is 5.59.